The number of hydrogen-bond acceptors (Lipinski definition) is 4. The molecule has 1 aromatic carbocycles. The number of carbonyl (C=O) groups is 1. The summed E-state index contributed by atoms with van der Waals surface area (Å²) in [7, 11) is 0. The number of aromatic nitrogens is 3. The van der Waals surface area contributed by atoms with Crippen LogP contribution < -0.4 is 4.74 Å². The van der Waals surface area contributed by atoms with Gasteiger partial charge in [-0.25, -0.2) is 4.98 Å². The first-order valence-corrected chi connectivity index (χ1v) is 8.11. The minimum atomic E-state index is 0.113. The highest BCUT2D eigenvalue weighted by molar-refractivity contribution is 5.77. The van der Waals surface area contributed by atoms with Crippen molar-refractivity contribution in [2.75, 3.05) is 13.1 Å². The smallest absolute Gasteiger partial charge is 0.222 e. The topological polar surface area (TPSA) is 60.2 Å². The van der Waals surface area contributed by atoms with Crippen molar-refractivity contribution < 1.29 is 9.53 Å². The first-order chi connectivity index (χ1) is 11.3. The molecule has 3 rings (SSSR count). The summed E-state index contributed by atoms with van der Waals surface area (Å²) in [6, 6.07) is 8.10. The van der Waals surface area contributed by atoms with Crippen molar-refractivity contribution in [2.45, 2.75) is 38.8 Å². The van der Waals surface area contributed by atoms with Gasteiger partial charge in [0.05, 0.1) is 13.1 Å². The fraction of sp³-hybridized carbons (Fsp3) is 0.471. The van der Waals surface area contributed by atoms with Gasteiger partial charge in [0.25, 0.3) is 0 Å². The van der Waals surface area contributed by atoms with Gasteiger partial charge in [-0.1, -0.05) is 25.1 Å². The first-order valence-electron chi connectivity index (χ1n) is 8.11. The molecule has 2 heterocycles. The number of aryl methyl sites for hydroxylation is 2. The van der Waals surface area contributed by atoms with E-state index in [0.29, 0.717) is 19.5 Å². The molecule has 0 bridgehead atoms. The second-order valence-corrected chi connectivity index (χ2v) is 5.76. The number of rotatable bonds is 7. The summed E-state index contributed by atoms with van der Waals surface area (Å²) in [6.07, 6.45) is 5.56. The number of nitrogens with zero attached hydrogens (tertiary/aromatic N) is 4. The van der Waals surface area contributed by atoms with Crippen LogP contribution in [0.15, 0.2) is 36.9 Å². The summed E-state index contributed by atoms with van der Waals surface area (Å²) in [5.41, 5.74) is 1.21. The van der Waals surface area contributed by atoms with Crippen LogP contribution in [0.25, 0.3) is 0 Å². The van der Waals surface area contributed by atoms with Gasteiger partial charge in [-0.05, 0) is 24.5 Å². The van der Waals surface area contributed by atoms with Gasteiger partial charge in [-0.15, -0.1) is 0 Å². The highest BCUT2D eigenvalue weighted by Crippen LogP contribution is 2.23. The lowest BCUT2D eigenvalue weighted by molar-refractivity contribution is -0.140. The van der Waals surface area contributed by atoms with Crippen LogP contribution in [0.4, 0.5) is 0 Å². The molecular formula is C17H22N4O2. The molecule has 0 aliphatic carbocycles. The van der Waals surface area contributed by atoms with Crippen molar-refractivity contribution in [2.24, 2.45) is 0 Å². The quantitative estimate of drug-likeness (QED) is 0.783. The average Bonchev–Trinajstić information content (AvgIpc) is 3.04. The van der Waals surface area contributed by atoms with Gasteiger partial charge in [0.2, 0.25) is 5.91 Å². The Hall–Kier alpha value is -2.37. The molecule has 0 N–H and O–H groups in total. The minimum absolute atomic E-state index is 0.113. The molecule has 1 aliphatic heterocycles. The van der Waals surface area contributed by atoms with Crippen LogP contribution in [0.3, 0.4) is 0 Å². The Morgan fingerprint density at radius 1 is 1.35 bits per heavy atom. The Labute approximate surface area is 136 Å². The zero-order valence-corrected chi connectivity index (χ0v) is 13.4. The Morgan fingerprint density at radius 3 is 2.91 bits per heavy atom. The van der Waals surface area contributed by atoms with Gasteiger partial charge in [0.1, 0.15) is 24.5 Å². The zero-order chi connectivity index (χ0) is 16.1. The number of para-hydroxylation sites is 1. The van der Waals surface area contributed by atoms with Crippen LogP contribution in [0.1, 0.15) is 25.3 Å². The van der Waals surface area contributed by atoms with E-state index in [1.807, 2.05) is 23.1 Å². The molecule has 23 heavy (non-hydrogen) atoms. The second-order valence-electron chi connectivity index (χ2n) is 5.76. The van der Waals surface area contributed by atoms with Gasteiger partial charge >= 0.3 is 0 Å². The lowest BCUT2D eigenvalue weighted by Crippen LogP contribution is -2.56. The molecule has 1 fully saturated rings. The molecule has 6 heteroatoms. The van der Waals surface area contributed by atoms with E-state index in [-0.39, 0.29) is 12.0 Å². The lowest BCUT2D eigenvalue weighted by atomic mass is 10.1. The third-order valence-electron chi connectivity index (χ3n) is 4.09. The molecule has 0 atom stereocenters. The summed E-state index contributed by atoms with van der Waals surface area (Å²) in [5.74, 6) is 1.13. The van der Waals surface area contributed by atoms with E-state index < -0.39 is 0 Å². The molecule has 1 saturated heterocycles. The Morgan fingerprint density at radius 2 is 2.17 bits per heavy atom. The number of hydrogen-bond donors (Lipinski definition) is 0. The van der Waals surface area contributed by atoms with Crippen LogP contribution in [0.2, 0.25) is 0 Å². The maximum Gasteiger partial charge on any atom is 0.222 e. The first kappa shape index (κ1) is 15.5. The SMILES string of the molecule is CCc1ccccc1OC1CN(C(=O)CCCn2cncn2)C1. The van der Waals surface area contributed by atoms with Crippen LogP contribution in [0, 0.1) is 0 Å². The number of amides is 1. The van der Waals surface area contributed by atoms with Gasteiger partial charge in [-0.3, -0.25) is 9.48 Å². The van der Waals surface area contributed by atoms with Gasteiger partial charge in [0.15, 0.2) is 0 Å². The normalized spacial score (nSPS) is 14.6. The number of likely N-dealkylation sites (tertiary alicyclic amines) is 1. The highest BCUT2D eigenvalue weighted by Gasteiger charge is 2.32. The Balaban J connectivity index is 1.39. The molecule has 6 nitrogen and oxygen atoms in total. The molecule has 0 unspecified atom stereocenters. The summed E-state index contributed by atoms with van der Waals surface area (Å²) < 4.78 is 7.75. The summed E-state index contributed by atoms with van der Waals surface area (Å²) in [4.78, 5) is 17.8. The molecule has 2 aromatic rings. The van der Waals surface area contributed by atoms with E-state index in [2.05, 4.69) is 23.1 Å². The zero-order valence-electron chi connectivity index (χ0n) is 13.4. The van der Waals surface area contributed by atoms with Gasteiger partial charge in [-0.2, -0.15) is 5.10 Å². The predicted molar refractivity (Wildman–Crippen MR) is 86.1 cm³/mol. The van der Waals surface area contributed by atoms with E-state index in [4.69, 9.17) is 4.74 Å². The van der Waals surface area contributed by atoms with Gasteiger partial charge in [0, 0.05) is 13.0 Å². The number of ether oxygens (including phenoxy) is 1. The van der Waals surface area contributed by atoms with Crippen molar-refractivity contribution in [3.63, 3.8) is 0 Å². The number of benzene rings is 1. The molecule has 1 amide bonds. The van der Waals surface area contributed by atoms with E-state index in [0.717, 1.165) is 25.1 Å². The van der Waals surface area contributed by atoms with Crippen LogP contribution >= 0.6 is 0 Å². The summed E-state index contributed by atoms with van der Waals surface area (Å²) in [6.45, 7) is 4.21. The standard InChI is InChI=1S/C17H22N4O2/c1-2-14-6-3-4-7-16(14)23-15-10-20(11-15)17(22)8-5-9-21-13-18-12-19-21/h3-4,6-7,12-13,15H,2,5,8-11H2,1H3. The summed E-state index contributed by atoms with van der Waals surface area (Å²) in [5, 5.41) is 4.03. The third-order valence-corrected chi connectivity index (χ3v) is 4.09. The van der Waals surface area contributed by atoms with E-state index in [1.165, 1.54) is 11.9 Å². The molecule has 0 radical (unpaired) electrons. The molecule has 1 aliphatic rings. The third kappa shape index (κ3) is 3.88. The minimum Gasteiger partial charge on any atom is -0.486 e. The maximum absolute atomic E-state index is 12.1. The van der Waals surface area contributed by atoms with E-state index in [9.17, 15) is 4.79 Å². The molecule has 0 saturated carbocycles. The lowest BCUT2D eigenvalue weighted by Gasteiger charge is -2.39. The van der Waals surface area contributed by atoms with Crippen molar-refractivity contribution in [3.8, 4) is 5.75 Å². The van der Waals surface area contributed by atoms with E-state index in [1.54, 1.807) is 11.0 Å². The largest absolute Gasteiger partial charge is 0.486 e. The van der Waals surface area contributed by atoms with Crippen LogP contribution in [-0.4, -0.2) is 44.8 Å². The maximum atomic E-state index is 12.1. The molecular weight excluding hydrogens is 292 g/mol. The average molecular weight is 314 g/mol. The monoisotopic (exact) mass is 314 g/mol. The van der Waals surface area contributed by atoms with Crippen LogP contribution in [-0.2, 0) is 17.8 Å². The molecule has 0 spiro atoms. The Kier molecular flexibility index (Phi) is 4.90. The predicted octanol–water partition coefficient (Wildman–Crippen LogP) is 1.91. The molecule has 1 aromatic heterocycles. The van der Waals surface area contributed by atoms with Gasteiger partial charge < -0.3 is 9.64 Å². The fourth-order valence-corrected chi connectivity index (χ4v) is 2.71. The molecule has 122 valence electrons. The van der Waals surface area contributed by atoms with Crippen molar-refractivity contribution in [1.29, 1.82) is 0 Å². The Bertz CT molecular complexity index is 636. The highest BCUT2D eigenvalue weighted by atomic mass is 16.5. The summed E-state index contributed by atoms with van der Waals surface area (Å²) >= 11 is 0. The van der Waals surface area contributed by atoms with E-state index >= 15 is 0 Å². The van der Waals surface area contributed by atoms with Crippen molar-refractivity contribution >= 4 is 5.91 Å². The van der Waals surface area contributed by atoms with Crippen molar-refractivity contribution in [3.05, 3.63) is 42.5 Å². The van der Waals surface area contributed by atoms with Crippen molar-refractivity contribution in [1.82, 2.24) is 19.7 Å². The number of carbonyl (C=O) groups excluding carboxylic acids is 1. The fourth-order valence-electron chi connectivity index (χ4n) is 2.71. The second kappa shape index (κ2) is 7.26. The van der Waals surface area contributed by atoms with Crippen LogP contribution in [0.5, 0.6) is 5.75 Å².